The Hall–Kier alpha value is -0.940. The molecule has 4 nitrogen and oxygen atoms in total. The van der Waals surface area contributed by atoms with E-state index < -0.39 is 14.3 Å². The smallest absolute Gasteiger partial charge is 0.236 e. The lowest BCUT2D eigenvalue weighted by molar-refractivity contribution is 0.316. The van der Waals surface area contributed by atoms with E-state index in [4.69, 9.17) is 15.4 Å². The first-order chi connectivity index (χ1) is 7.95. The summed E-state index contributed by atoms with van der Waals surface area (Å²) in [5, 5.41) is 9.36. The number of hydrogen-bond acceptors (Lipinski definition) is 4. The molecule has 0 saturated heterocycles. The molecule has 1 aliphatic carbocycles. The van der Waals surface area contributed by atoms with Crippen LogP contribution in [0.15, 0.2) is 18.2 Å². The van der Waals surface area contributed by atoms with E-state index >= 15 is 0 Å². The molecule has 0 bridgehead atoms. The molecule has 94 valence electrons. The van der Waals surface area contributed by atoms with Gasteiger partial charge < -0.3 is 9.84 Å². The molecule has 2 atom stereocenters. The summed E-state index contributed by atoms with van der Waals surface area (Å²) >= 11 is 0. The number of rotatable bonds is 4. The Morgan fingerprint density at radius 2 is 2.24 bits per heavy atom. The van der Waals surface area contributed by atoms with Gasteiger partial charge in [-0.1, -0.05) is 12.1 Å². The summed E-state index contributed by atoms with van der Waals surface area (Å²) in [6.45, 7) is 2.26. The zero-order valence-electron chi connectivity index (χ0n) is 9.26. The van der Waals surface area contributed by atoms with Gasteiger partial charge in [-0.3, -0.25) is 0 Å². The van der Waals surface area contributed by atoms with Crippen LogP contribution < -0.4 is 4.74 Å². The fraction of sp³-hybridized carbons (Fsp3) is 0.455. The standard InChI is InChI=1S/C11H13ClO4S/c1-2-16-9-5-3-4-7(11(9)13)8-6-10(8)17(12,14)15/h3-5,8,10,13H,2,6H2,1H3. The fourth-order valence-corrected chi connectivity index (χ4v) is 3.49. The lowest BCUT2D eigenvalue weighted by Crippen LogP contribution is -2.00. The van der Waals surface area contributed by atoms with E-state index in [0.717, 1.165) is 0 Å². The van der Waals surface area contributed by atoms with Crippen LogP contribution >= 0.6 is 10.7 Å². The molecule has 2 unspecified atom stereocenters. The number of phenols is 1. The molecule has 0 heterocycles. The van der Waals surface area contributed by atoms with Crippen molar-refractivity contribution >= 4 is 19.7 Å². The van der Waals surface area contributed by atoms with Crippen LogP contribution in [0.4, 0.5) is 0 Å². The van der Waals surface area contributed by atoms with Gasteiger partial charge in [0.25, 0.3) is 0 Å². The molecule has 0 spiro atoms. The molecule has 1 fully saturated rings. The third-order valence-electron chi connectivity index (χ3n) is 2.82. The maximum absolute atomic E-state index is 11.2. The van der Waals surface area contributed by atoms with E-state index in [-0.39, 0.29) is 11.7 Å². The van der Waals surface area contributed by atoms with Gasteiger partial charge in [-0.05, 0) is 19.4 Å². The molecule has 0 aromatic heterocycles. The molecule has 1 N–H and O–H groups in total. The number of phenolic OH excluding ortho intramolecular Hbond substituents is 1. The third-order valence-corrected chi connectivity index (χ3v) is 4.75. The van der Waals surface area contributed by atoms with Crippen molar-refractivity contribution < 1.29 is 18.3 Å². The topological polar surface area (TPSA) is 63.6 Å². The van der Waals surface area contributed by atoms with Gasteiger partial charge in [0, 0.05) is 22.2 Å². The van der Waals surface area contributed by atoms with E-state index in [2.05, 4.69) is 0 Å². The lowest BCUT2D eigenvalue weighted by atomic mass is 10.1. The lowest BCUT2D eigenvalue weighted by Gasteiger charge is -2.09. The molecule has 1 aromatic carbocycles. The molecule has 0 aliphatic heterocycles. The molecule has 1 aliphatic rings. The van der Waals surface area contributed by atoms with Crippen LogP contribution in [0.2, 0.25) is 0 Å². The summed E-state index contributed by atoms with van der Waals surface area (Å²) in [6, 6.07) is 5.08. The Bertz CT molecular complexity index is 526. The van der Waals surface area contributed by atoms with Gasteiger partial charge in [0.05, 0.1) is 11.9 Å². The quantitative estimate of drug-likeness (QED) is 0.857. The first-order valence-corrected chi connectivity index (χ1v) is 7.70. The molecule has 0 radical (unpaired) electrons. The Morgan fingerprint density at radius 3 is 2.76 bits per heavy atom. The predicted molar refractivity (Wildman–Crippen MR) is 65.2 cm³/mol. The Morgan fingerprint density at radius 1 is 1.53 bits per heavy atom. The number of aromatic hydroxyl groups is 1. The second kappa shape index (κ2) is 4.38. The number of hydrogen-bond donors (Lipinski definition) is 1. The summed E-state index contributed by atoms with van der Waals surface area (Å²) in [4.78, 5) is 0. The van der Waals surface area contributed by atoms with Gasteiger partial charge in [0.15, 0.2) is 11.5 Å². The van der Waals surface area contributed by atoms with Crippen molar-refractivity contribution in [2.24, 2.45) is 0 Å². The van der Waals surface area contributed by atoms with Gasteiger partial charge in [0.1, 0.15) is 0 Å². The molecule has 0 amide bonds. The summed E-state index contributed by atoms with van der Waals surface area (Å²) < 4.78 is 27.5. The molecule has 1 saturated carbocycles. The van der Waals surface area contributed by atoms with E-state index in [9.17, 15) is 13.5 Å². The summed E-state index contributed by atoms with van der Waals surface area (Å²) in [5.41, 5.74) is 0.588. The molecular weight excluding hydrogens is 264 g/mol. The van der Waals surface area contributed by atoms with Crippen molar-refractivity contribution in [3.63, 3.8) is 0 Å². The van der Waals surface area contributed by atoms with Gasteiger partial charge in [-0.15, -0.1) is 0 Å². The van der Waals surface area contributed by atoms with Crippen molar-refractivity contribution in [2.45, 2.75) is 24.5 Å². The molecule has 2 rings (SSSR count). The van der Waals surface area contributed by atoms with Crippen LogP contribution in [0.1, 0.15) is 24.8 Å². The highest BCUT2D eigenvalue weighted by atomic mass is 35.7. The van der Waals surface area contributed by atoms with Gasteiger partial charge in [-0.2, -0.15) is 0 Å². The van der Waals surface area contributed by atoms with Crippen LogP contribution in [0.25, 0.3) is 0 Å². The van der Waals surface area contributed by atoms with Gasteiger partial charge in [-0.25, -0.2) is 8.42 Å². The summed E-state index contributed by atoms with van der Waals surface area (Å²) in [5.74, 6) is 0.169. The fourth-order valence-electron chi connectivity index (χ4n) is 1.92. The maximum Gasteiger partial charge on any atom is 0.236 e. The molecule has 1 aromatic rings. The van der Waals surface area contributed by atoms with E-state index in [1.807, 2.05) is 6.92 Å². The normalized spacial score (nSPS) is 23.4. The van der Waals surface area contributed by atoms with Crippen molar-refractivity contribution in [3.05, 3.63) is 23.8 Å². The molecule has 6 heteroatoms. The highest BCUT2D eigenvalue weighted by Crippen LogP contribution is 2.51. The summed E-state index contributed by atoms with van der Waals surface area (Å²) in [7, 11) is 1.74. The summed E-state index contributed by atoms with van der Waals surface area (Å²) in [6.07, 6.45) is 0.453. The van der Waals surface area contributed by atoms with Gasteiger partial charge in [0.2, 0.25) is 9.05 Å². The maximum atomic E-state index is 11.2. The monoisotopic (exact) mass is 276 g/mol. The largest absolute Gasteiger partial charge is 0.504 e. The van der Waals surface area contributed by atoms with Crippen LogP contribution in [0.5, 0.6) is 11.5 Å². The zero-order valence-corrected chi connectivity index (χ0v) is 10.8. The Labute approximate surface area is 105 Å². The zero-order chi connectivity index (χ0) is 12.6. The second-order valence-corrected chi connectivity index (χ2v) is 6.83. The molecular formula is C11H13ClO4S. The minimum Gasteiger partial charge on any atom is -0.504 e. The SMILES string of the molecule is CCOc1cccc(C2CC2S(=O)(=O)Cl)c1O. The number of halogens is 1. The van der Waals surface area contributed by atoms with Gasteiger partial charge >= 0.3 is 0 Å². The van der Waals surface area contributed by atoms with Crippen LogP contribution in [0.3, 0.4) is 0 Å². The Kier molecular flexibility index (Phi) is 3.23. The van der Waals surface area contributed by atoms with E-state index in [1.165, 1.54) is 0 Å². The molecule has 17 heavy (non-hydrogen) atoms. The van der Waals surface area contributed by atoms with Crippen LogP contribution in [-0.4, -0.2) is 25.4 Å². The highest BCUT2D eigenvalue weighted by molar-refractivity contribution is 8.14. The average molecular weight is 277 g/mol. The first kappa shape index (κ1) is 12.5. The van der Waals surface area contributed by atoms with Crippen molar-refractivity contribution in [2.75, 3.05) is 6.61 Å². The first-order valence-electron chi connectivity index (χ1n) is 5.33. The highest BCUT2D eigenvalue weighted by Gasteiger charge is 2.48. The van der Waals surface area contributed by atoms with E-state index in [0.29, 0.717) is 24.3 Å². The van der Waals surface area contributed by atoms with E-state index in [1.54, 1.807) is 18.2 Å². The number of benzene rings is 1. The third kappa shape index (κ3) is 2.50. The predicted octanol–water partition coefficient (Wildman–Crippen LogP) is 2.22. The average Bonchev–Trinajstić information content (AvgIpc) is 3.00. The second-order valence-electron chi connectivity index (χ2n) is 3.98. The number of para-hydroxylation sites is 1. The minimum absolute atomic E-state index is 0.0159. The number of ether oxygens (including phenoxy) is 1. The van der Waals surface area contributed by atoms with Crippen molar-refractivity contribution in [3.8, 4) is 11.5 Å². The Balaban J connectivity index is 2.27. The minimum atomic E-state index is -3.55. The van der Waals surface area contributed by atoms with Crippen LogP contribution in [-0.2, 0) is 9.05 Å². The van der Waals surface area contributed by atoms with Crippen molar-refractivity contribution in [1.29, 1.82) is 0 Å². The van der Waals surface area contributed by atoms with Crippen molar-refractivity contribution in [1.82, 2.24) is 0 Å². The van der Waals surface area contributed by atoms with Crippen LogP contribution in [0, 0.1) is 0 Å².